The van der Waals surface area contributed by atoms with Crippen LogP contribution >= 0.6 is 0 Å². The Morgan fingerprint density at radius 3 is 2.29 bits per heavy atom. The van der Waals surface area contributed by atoms with Gasteiger partial charge < -0.3 is 14.6 Å². The molecule has 1 N–H and O–H groups in total. The second kappa shape index (κ2) is 4.96. The molecule has 0 bridgehead atoms. The van der Waals surface area contributed by atoms with Crippen LogP contribution in [0.4, 0.5) is 0 Å². The molecule has 2 rings (SSSR count). The first-order chi connectivity index (χ1) is 8.09. The summed E-state index contributed by atoms with van der Waals surface area (Å²) in [7, 11) is 0. The first kappa shape index (κ1) is 12.2. The Morgan fingerprint density at radius 1 is 1.18 bits per heavy atom. The maximum Gasteiger partial charge on any atom is 0.119 e. The van der Waals surface area contributed by atoms with Crippen LogP contribution < -0.4 is 9.47 Å². The van der Waals surface area contributed by atoms with Gasteiger partial charge in [0.2, 0.25) is 0 Å². The first-order valence-corrected chi connectivity index (χ1v) is 6.09. The number of rotatable bonds is 6. The zero-order chi connectivity index (χ0) is 12.3. The minimum Gasteiger partial charge on any atom is -0.493 e. The van der Waals surface area contributed by atoms with Crippen LogP contribution in [0.1, 0.15) is 26.7 Å². The van der Waals surface area contributed by atoms with Crippen molar-refractivity contribution in [1.82, 2.24) is 0 Å². The summed E-state index contributed by atoms with van der Waals surface area (Å²) in [6.45, 7) is 4.57. The highest BCUT2D eigenvalue weighted by Crippen LogP contribution is 2.28. The summed E-state index contributed by atoms with van der Waals surface area (Å²) in [6, 6.07) is 7.68. The number of aliphatic hydroxyl groups is 1. The Kier molecular flexibility index (Phi) is 3.57. The molecule has 1 aliphatic carbocycles. The van der Waals surface area contributed by atoms with Crippen LogP contribution in [-0.4, -0.2) is 24.4 Å². The molecule has 1 aromatic rings. The van der Waals surface area contributed by atoms with Gasteiger partial charge in [0.05, 0.1) is 19.3 Å². The van der Waals surface area contributed by atoms with Crippen LogP contribution in [0, 0.1) is 5.41 Å². The van der Waals surface area contributed by atoms with Gasteiger partial charge in [-0.15, -0.1) is 0 Å². The standard InChI is InChI=1S/C14H20O3/c1-14(2,9-15)10-16-11-3-5-12(6-4-11)17-13-7-8-13/h3-6,13,15H,7-10H2,1-2H3. The lowest BCUT2D eigenvalue weighted by Crippen LogP contribution is -2.25. The zero-order valence-corrected chi connectivity index (χ0v) is 10.5. The average molecular weight is 236 g/mol. The zero-order valence-electron chi connectivity index (χ0n) is 10.5. The van der Waals surface area contributed by atoms with E-state index in [2.05, 4.69) is 0 Å². The molecule has 0 amide bonds. The van der Waals surface area contributed by atoms with Gasteiger partial charge in [-0.1, -0.05) is 13.8 Å². The first-order valence-electron chi connectivity index (χ1n) is 6.09. The SMILES string of the molecule is CC(C)(CO)COc1ccc(OC2CC2)cc1. The summed E-state index contributed by atoms with van der Waals surface area (Å²) in [4.78, 5) is 0. The summed E-state index contributed by atoms with van der Waals surface area (Å²) < 4.78 is 11.3. The van der Waals surface area contributed by atoms with Crippen LogP contribution in [0.2, 0.25) is 0 Å². The second-order valence-corrected chi connectivity index (χ2v) is 5.40. The third-order valence-corrected chi connectivity index (χ3v) is 2.71. The van der Waals surface area contributed by atoms with E-state index in [0.29, 0.717) is 12.7 Å². The molecule has 17 heavy (non-hydrogen) atoms. The molecule has 1 aliphatic rings. The van der Waals surface area contributed by atoms with E-state index in [1.54, 1.807) is 0 Å². The molecule has 0 saturated heterocycles. The molecule has 3 heteroatoms. The van der Waals surface area contributed by atoms with Crippen molar-refractivity contribution in [3.63, 3.8) is 0 Å². The largest absolute Gasteiger partial charge is 0.493 e. The fourth-order valence-electron chi connectivity index (χ4n) is 1.32. The smallest absolute Gasteiger partial charge is 0.119 e. The topological polar surface area (TPSA) is 38.7 Å². The van der Waals surface area contributed by atoms with Crippen molar-refractivity contribution in [2.75, 3.05) is 13.2 Å². The summed E-state index contributed by atoms with van der Waals surface area (Å²) in [5, 5.41) is 9.12. The molecule has 0 radical (unpaired) electrons. The van der Waals surface area contributed by atoms with Crippen molar-refractivity contribution in [2.24, 2.45) is 5.41 Å². The van der Waals surface area contributed by atoms with Crippen molar-refractivity contribution in [3.05, 3.63) is 24.3 Å². The van der Waals surface area contributed by atoms with Gasteiger partial charge in [-0.05, 0) is 37.1 Å². The van der Waals surface area contributed by atoms with E-state index < -0.39 is 0 Å². The molecule has 0 aliphatic heterocycles. The molecule has 1 saturated carbocycles. The van der Waals surface area contributed by atoms with Gasteiger partial charge in [0.1, 0.15) is 11.5 Å². The minimum absolute atomic E-state index is 0.121. The number of benzene rings is 1. The lowest BCUT2D eigenvalue weighted by atomic mass is 9.97. The molecule has 0 atom stereocenters. The molecule has 0 unspecified atom stereocenters. The summed E-state index contributed by atoms with van der Waals surface area (Å²) >= 11 is 0. The van der Waals surface area contributed by atoms with Gasteiger partial charge >= 0.3 is 0 Å². The quantitative estimate of drug-likeness (QED) is 0.825. The molecule has 0 spiro atoms. The fraction of sp³-hybridized carbons (Fsp3) is 0.571. The Balaban J connectivity index is 1.84. The molecule has 0 heterocycles. The summed E-state index contributed by atoms with van der Waals surface area (Å²) in [5.74, 6) is 1.72. The number of hydrogen-bond acceptors (Lipinski definition) is 3. The Morgan fingerprint density at radius 2 is 1.76 bits per heavy atom. The molecule has 0 aromatic heterocycles. The van der Waals surface area contributed by atoms with Gasteiger partial charge in [-0.3, -0.25) is 0 Å². The van der Waals surface area contributed by atoms with Crippen molar-refractivity contribution in [3.8, 4) is 11.5 Å². The van der Waals surface area contributed by atoms with E-state index in [0.717, 1.165) is 11.5 Å². The number of hydrogen-bond donors (Lipinski definition) is 1. The van der Waals surface area contributed by atoms with E-state index in [-0.39, 0.29) is 12.0 Å². The van der Waals surface area contributed by atoms with Crippen LogP contribution in [0.3, 0.4) is 0 Å². The highest BCUT2D eigenvalue weighted by atomic mass is 16.5. The summed E-state index contributed by atoms with van der Waals surface area (Å²) in [5.41, 5.74) is -0.205. The van der Waals surface area contributed by atoms with Gasteiger partial charge in [0, 0.05) is 5.41 Å². The maximum absolute atomic E-state index is 9.12. The van der Waals surface area contributed by atoms with E-state index in [1.807, 2.05) is 38.1 Å². The molecule has 1 aromatic carbocycles. The molecular formula is C14H20O3. The van der Waals surface area contributed by atoms with Crippen molar-refractivity contribution < 1.29 is 14.6 Å². The Labute approximate surface area is 102 Å². The Hall–Kier alpha value is -1.22. The van der Waals surface area contributed by atoms with Crippen LogP contribution in [-0.2, 0) is 0 Å². The van der Waals surface area contributed by atoms with Crippen LogP contribution in [0.15, 0.2) is 24.3 Å². The highest BCUT2D eigenvalue weighted by Gasteiger charge is 2.23. The molecule has 94 valence electrons. The molecule has 1 fully saturated rings. The van der Waals surface area contributed by atoms with Crippen LogP contribution in [0.5, 0.6) is 11.5 Å². The van der Waals surface area contributed by atoms with Crippen molar-refractivity contribution >= 4 is 0 Å². The van der Waals surface area contributed by atoms with Crippen LogP contribution in [0.25, 0.3) is 0 Å². The van der Waals surface area contributed by atoms with Gasteiger partial charge in [0.25, 0.3) is 0 Å². The maximum atomic E-state index is 9.12. The molecule has 3 nitrogen and oxygen atoms in total. The van der Waals surface area contributed by atoms with E-state index >= 15 is 0 Å². The number of ether oxygens (including phenoxy) is 2. The van der Waals surface area contributed by atoms with E-state index in [9.17, 15) is 0 Å². The second-order valence-electron chi connectivity index (χ2n) is 5.40. The van der Waals surface area contributed by atoms with E-state index in [4.69, 9.17) is 14.6 Å². The third kappa shape index (κ3) is 3.93. The fourth-order valence-corrected chi connectivity index (χ4v) is 1.32. The average Bonchev–Trinajstić information content (AvgIpc) is 3.12. The number of aliphatic hydroxyl groups excluding tert-OH is 1. The Bertz CT molecular complexity index is 352. The molecular weight excluding hydrogens is 216 g/mol. The predicted molar refractivity (Wildman–Crippen MR) is 66.5 cm³/mol. The van der Waals surface area contributed by atoms with Crippen molar-refractivity contribution in [2.45, 2.75) is 32.8 Å². The normalized spacial score (nSPS) is 15.7. The summed E-state index contributed by atoms with van der Waals surface area (Å²) in [6.07, 6.45) is 2.77. The van der Waals surface area contributed by atoms with Gasteiger partial charge in [0.15, 0.2) is 0 Å². The van der Waals surface area contributed by atoms with Crippen molar-refractivity contribution in [1.29, 1.82) is 0 Å². The highest BCUT2D eigenvalue weighted by molar-refractivity contribution is 5.31. The van der Waals surface area contributed by atoms with Gasteiger partial charge in [-0.25, -0.2) is 0 Å². The lowest BCUT2D eigenvalue weighted by molar-refractivity contribution is 0.0975. The predicted octanol–water partition coefficient (Wildman–Crippen LogP) is 2.63. The minimum atomic E-state index is -0.205. The van der Waals surface area contributed by atoms with Gasteiger partial charge in [-0.2, -0.15) is 0 Å². The monoisotopic (exact) mass is 236 g/mol. The lowest BCUT2D eigenvalue weighted by Gasteiger charge is -2.21. The van der Waals surface area contributed by atoms with E-state index in [1.165, 1.54) is 12.8 Å². The third-order valence-electron chi connectivity index (χ3n) is 2.71.